The van der Waals surface area contributed by atoms with Crippen molar-refractivity contribution in [2.75, 3.05) is 0 Å². The quantitative estimate of drug-likeness (QED) is 0.678. The van der Waals surface area contributed by atoms with Crippen molar-refractivity contribution in [1.29, 1.82) is 0 Å². The van der Waals surface area contributed by atoms with Gasteiger partial charge in [-0.05, 0) is 17.7 Å². The maximum absolute atomic E-state index is 12.5. The lowest BCUT2D eigenvalue weighted by atomic mass is 10.1. The predicted molar refractivity (Wildman–Crippen MR) is 51.2 cm³/mol. The fraction of sp³-hybridized carbons (Fsp3) is 0.0909. The summed E-state index contributed by atoms with van der Waals surface area (Å²) in [4.78, 5) is 0. The molecule has 1 aromatic heterocycles. The fourth-order valence-corrected chi connectivity index (χ4v) is 1.45. The van der Waals surface area contributed by atoms with Crippen molar-refractivity contribution < 1.29 is 13.2 Å². The lowest BCUT2D eigenvalue weighted by molar-refractivity contribution is -0.202. The molecule has 0 saturated heterocycles. The number of benzene rings is 1. The Labute approximate surface area is 84.8 Å². The van der Waals surface area contributed by atoms with Crippen LogP contribution in [0.1, 0.15) is 0 Å². The molecule has 2 aromatic rings. The van der Waals surface area contributed by atoms with Crippen LogP contribution >= 0.6 is 0 Å². The summed E-state index contributed by atoms with van der Waals surface area (Å²) in [5, 5.41) is 0. The van der Waals surface area contributed by atoms with Gasteiger partial charge in [0.1, 0.15) is 0 Å². The van der Waals surface area contributed by atoms with Gasteiger partial charge >= 0.3 is 6.30 Å². The second-order valence-electron chi connectivity index (χ2n) is 3.10. The smallest absolute Gasteiger partial charge is 0.259 e. The minimum Gasteiger partial charge on any atom is -0.259 e. The highest BCUT2D eigenvalue weighted by atomic mass is 19.4. The highest BCUT2D eigenvalue weighted by Gasteiger charge is 2.31. The van der Waals surface area contributed by atoms with E-state index < -0.39 is 6.30 Å². The third kappa shape index (κ3) is 1.88. The number of hydrogen-bond donors (Lipinski definition) is 0. The van der Waals surface area contributed by atoms with Crippen molar-refractivity contribution in [3.05, 3.63) is 48.7 Å². The van der Waals surface area contributed by atoms with Crippen LogP contribution in [0.5, 0.6) is 0 Å². The van der Waals surface area contributed by atoms with Crippen molar-refractivity contribution in [3.8, 4) is 11.3 Å². The van der Waals surface area contributed by atoms with Crippen LogP contribution < -0.4 is 0 Å². The summed E-state index contributed by atoms with van der Waals surface area (Å²) >= 11 is 0. The summed E-state index contributed by atoms with van der Waals surface area (Å²) in [5.41, 5.74) is 0.711. The first-order chi connectivity index (χ1) is 7.09. The number of hydrogen-bond acceptors (Lipinski definition) is 0. The number of rotatable bonds is 1. The molecule has 0 saturated carbocycles. The summed E-state index contributed by atoms with van der Waals surface area (Å²) in [6.45, 7) is 0. The van der Waals surface area contributed by atoms with E-state index in [-0.39, 0.29) is 5.69 Å². The summed E-state index contributed by atoms with van der Waals surface area (Å²) in [5.74, 6) is 0. The van der Waals surface area contributed by atoms with Gasteiger partial charge in [0.2, 0.25) is 0 Å². The molecular formula is C11H8F3N. The minimum absolute atomic E-state index is 0.156. The van der Waals surface area contributed by atoms with E-state index in [4.69, 9.17) is 0 Å². The molecule has 0 amide bonds. The van der Waals surface area contributed by atoms with Gasteiger partial charge in [0, 0.05) is 6.20 Å². The van der Waals surface area contributed by atoms with Crippen LogP contribution in [-0.2, 0) is 6.30 Å². The molecule has 15 heavy (non-hydrogen) atoms. The third-order valence-corrected chi connectivity index (χ3v) is 2.09. The van der Waals surface area contributed by atoms with Crippen molar-refractivity contribution in [1.82, 2.24) is 4.57 Å². The summed E-state index contributed by atoms with van der Waals surface area (Å²) in [6.07, 6.45) is -3.35. The van der Waals surface area contributed by atoms with Crippen LogP contribution in [0.25, 0.3) is 11.3 Å². The van der Waals surface area contributed by atoms with Crippen molar-refractivity contribution in [3.63, 3.8) is 0 Å². The first-order valence-electron chi connectivity index (χ1n) is 4.39. The summed E-state index contributed by atoms with van der Waals surface area (Å²) in [6, 6.07) is 11.3. The molecular weight excluding hydrogens is 203 g/mol. The maximum atomic E-state index is 12.5. The molecule has 4 heteroatoms. The first kappa shape index (κ1) is 9.83. The molecule has 0 aliphatic heterocycles. The van der Waals surface area contributed by atoms with Crippen molar-refractivity contribution in [2.24, 2.45) is 0 Å². The molecule has 0 aliphatic carbocycles. The lowest BCUT2D eigenvalue weighted by Gasteiger charge is -2.12. The van der Waals surface area contributed by atoms with Crippen LogP contribution in [0, 0.1) is 0 Å². The van der Waals surface area contributed by atoms with Gasteiger partial charge in [-0.2, -0.15) is 0 Å². The van der Waals surface area contributed by atoms with Gasteiger partial charge in [-0.1, -0.05) is 30.3 Å². The lowest BCUT2D eigenvalue weighted by Crippen LogP contribution is -2.16. The molecule has 0 spiro atoms. The van der Waals surface area contributed by atoms with E-state index in [0.717, 1.165) is 6.20 Å². The second kappa shape index (κ2) is 3.46. The Hall–Kier alpha value is -1.71. The highest BCUT2D eigenvalue weighted by Crippen LogP contribution is 2.30. The van der Waals surface area contributed by atoms with E-state index >= 15 is 0 Å². The zero-order valence-electron chi connectivity index (χ0n) is 7.70. The molecule has 0 bridgehead atoms. The molecule has 0 fully saturated rings. The molecule has 0 N–H and O–H groups in total. The van der Waals surface area contributed by atoms with E-state index in [1.165, 1.54) is 12.1 Å². The standard InChI is InChI=1S/C11H8F3N/c12-11(13,14)15-8-4-7-10(15)9-5-2-1-3-6-9/h1-8H. The molecule has 1 nitrogen and oxygen atoms in total. The molecule has 78 valence electrons. The monoisotopic (exact) mass is 211 g/mol. The highest BCUT2D eigenvalue weighted by molar-refractivity contribution is 5.59. The van der Waals surface area contributed by atoms with Crippen LogP contribution in [0.3, 0.4) is 0 Å². The zero-order chi connectivity index (χ0) is 10.9. The van der Waals surface area contributed by atoms with E-state index in [1.54, 1.807) is 30.3 Å². The average molecular weight is 211 g/mol. The SMILES string of the molecule is FC(F)(F)n1cccc1-c1ccccc1. The molecule has 0 unspecified atom stereocenters. The second-order valence-corrected chi connectivity index (χ2v) is 3.10. The average Bonchev–Trinajstić information content (AvgIpc) is 2.67. The number of alkyl halides is 3. The normalized spacial score (nSPS) is 11.7. The van der Waals surface area contributed by atoms with Gasteiger partial charge in [-0.25, -0.2) is 0 Å². The number of nitrogens with zero attached hydrogens (tertiary/aromatic N) is 1. The third-order valence-electron chi connectivity index (χ3n) is 2.09. The van der Waals surface area contributed by atoms with Gasteiger partial charge in [0.15, 0.2) is 0 Å². The molecule has 0 aliphatic rings. The molecule has 0 radical (unpaired) electrons. The topological polar surface area (TPSA) is 4.93 Å². The van der Waals surface area contributed by atoms with Crippen LogP contribution in [-0.4, -0.2) is 4.57 Å². The Morgan fingerprint density at radius 1 is 0.867 bits per heavy atom. The first-order valence-corrected chi connectivity index (χ1v) is 4.39. The van der Waals surface area contributed by atoms with Crippen LogP contribution in [0.4, 0.5) is 13.2 Å². The van der Waals surface area contributed by atoms with E-state index in [2.05, 4.69) is 0 Å². The van der Waals surface area contributed by atoms with Gasteiger partial charge < -0.3 is 0 Å². The van der Waals surface area contributed by atoms with Gasteiger partial charge in [-0.3, -0.25) is 4.57 Å². The Bertz CT molecular complexity index is 442. The van der Waals surface area contributed by atoms with Crippen molar-refractivity contribution >= 4 is 0 Å². The number of aromatic nitrogens is 1. The molecule has 2 rings (SSSR count). The fourth-order valence-electron chi connectivity index (χ4n) is 1.45. The Balaban J connectivity index is 2.51. The largest absolute Gasteiger partial charge is 0.488 e. The van der Waals surface area contributed by atoms with Gasteiger partial charge in [0.25, 0.3) is 0 Å². The Morgan fingerprint density at radius 3 is 2.13 bits per heavy atom. The number of halogens is 3. The molecule has 0 atom stereocenters. The Kier molecular flexibility index (Phi) is 2.26. The van der Waals surface area contributed by atoms with E-state index in [1.807, 2.05) is 0 Å². The predicted octanol–water partition coefficient (Wildman–Crippen LogP) is 3.63. The molecule has 1 aromatic carbocycles. The van der Waals surface area contributed by atoms with Gasteiger partial charge in [-0.15, -0.1) is 13.2 Å². The summed E-state index contributed by atoms with van der Waals surface area (Å²) < 4.78 is 37.9. The molecule has 1 heterocycles. The van der Waals surface area contributed by atoms with E-state index in [0.29, 0.717) is 10.1 Å². The van der Waals surface area contributed by atoms with Gasteiger partial charge in [0.05, 0.1) is 5.69 Å². The maximum Gasteiger partial charge on any atom is 0.488 e. The Morgan fingerprint density at radius 2 is 1.53 bits per heavy atom. The minimum atomic E-state index is -4.37. The summed E-state index contributed by atoms with van der Waals surface area (Å²) in [7, 11) is 0. The van der Waals surface area contributed by atoms with Crippen LogP contribution in [0.15, 0.2) is 48.7 Å². The van der Waals surface area contributed by atoms with E-state index in [9.17, 15) is 13.2 Å². The van der Waals surface area contributed by atoms with Crippen molar-refractivity contribution in [2.45, 2.75) is 6.30 Å². The van der Waals surface area contributed by atoms with Crippen LogP contribution in [0.2, 0.25) is 0 Å². The zero-order valence-corrected chi connectivity index (χ0v) is 7.70.